The molecule has 1 atom stereocenters. The van der Waals surface area contributed by atoms with E-state index in [-0.39, 0.29) is 0 Å². The van der Waals surface area contributed by atoms with E-state index in [1.165, 1.54) is 11.9 Å². The first kappa shape index (κ1) is 13.0. The van der Waals surface area contributed by atoms with E-state index in [9.17, 15) is 0 Å². The van der Waals surface area contributed by atoms with Crippen LogP contribution in [0.2, 0.25) is 0 Å². The predicted molar refractivity (Wildman–Crippen MR) is 79.2 cm³/mol. The summed E-state index contributed by atoms with van der Waals surface area (Å²) in [4.78, 5) is 7.92. The Labute approximate surface area is 117 Å². The quantitative estimate of drug-likeness (QED) is 0.707. The Morgan fingerprint density at radius 3 is 3.00 bits per heavy atom. The van der Waals surface area contributed by atoms with Crippen LogP contribution in [0.4, 0.5) is 5.82 Å². The number of hydrogen-bond acceptors (Lipinski definition) is 5. The van der Waals surface area contributed by atoms with Gasteiger partial charge in [-0.05, 0) is 17.7 Å². The fourth-order valence-corrected chi connectivity index (χ4v) is 2.45. The van der Waals surface area contributed by atoms with Gasteiger partial charge in [-0.1, -0.05) is 18.2 Å². The van der Waals surface area contributed by atoms with Gasteiger partial charge in [-0.25, -0.2) is 9.97 Å². The van der Waals surface area contributed by atoms with Crippen LogP contribution in [0.1, 0.15) is 0 Å². The summed E-state index contributed by atoms with van der Waals surface area (Å²) < 4.78 is 5.28. The number of benzene rings is 1. The number of rotatable bonds is 0. The number of ether oxygens (including phenoxy) is 1. The highest BCUT2D eigenvalue weighted by molar-refractivity contribution is 5.87. The summed E-state index contributed by atoms with van der Waals surface area (Å²) in [6.45, 7) is 3.96. The van der Waals surface area contributed by atoms with Gasteiger partial charge in [0.25, 0.3) is 0 Å². The first-order valence-corrected chi connectivity index (χ1v) is 6.77. The monoisotopic (exact) mass is 270 g/mol. The normalized spacial score (nSPS) is 20.8. The van der Waals surface area contributed by atoms with E-state index in [4.69, 9.17) is 10.5 Å². The van der Waals surface area contributed by atoms with Crippen molar-refractivity contribution < 1.29 is 4.74 Å². The lowest BCUT2D eigenvalue weighted by Crippen LogP contribution is -2.28. The zero-order valence-electron chi connectivity index (χ0n) is 11.2. The Bertz CT molecular complexity index is 621. The SMILES string of the molecule is C1=C2COCC2CNC1.Nc1ncnc2ccccc12. The van der Waals surface area contributed by atoms with Crippen LogP contribution in [0.3, 0.4) is 0 Å². The zero-order valence-corrected chi connectivity index (χ0v) is 11.2. The highest BCUT2D eigenvalue weighted by Gasteiger charge is 2.22. The molecule has 1 aromatic carbocycles. The maximum atomic E-state index is 5.61. The molecule has 3 N–H and O–H groups in total. The maximum Gasteiger partial charge on any atom is 0.134 e. The van der Waals surface area contributed by atoms with Crippen molar-refractivity contribution in [3.05, 3.63) is 42.2 Å². The second kappa shape index (κ2) is 5.98. The first-order valence-electron chi connectivity index (χ1n) is 6.77. The molecule has 2 aliphatic rings. The number of para-hydroxylation sites is 1. The molecule has 104 valence electrons. The molecule has 0 amide bonds. The van der Waals surface area contributed by atoms with Crippen molar-refractivity contribution in [2.75, 3.05) is 32.0 Å². The van der Waals surface area contributed by atoms with E-state index >= 15 is 0 Å². The van der Waals surface area contributed by atoms with Crippen LogP contribution in [-0.4, -0.2) is 36.3 Å². The molecule has 4 rings (SSSR count). The van der Waals surface area contributed by atoms with E-state index in [0.29, 0.717) is 11.7 Å². The first-order chi connectivity index (χ1) is 9.84. The zero-order chi connectivity index (χ0) is 13.8. The number of nitrogen functional groups attached to an aromatic ring is 1. The standard InChI is InChI=1S/C8H7N3.C7H11NO/c9-8-6-3-1-2-4-7(6)10-5-11-8;1-2-8-3-7-5-9-4-6(1)7/h1-5H,(H2,9,10,11);1,7-8H,2-5H2. The molecular weight excluding hydrogens is 252 g/mol. The van der Waals surface area contributed by atoms with E-state index in [1.807, 2.05) is 24.3 Å². The molecule has 20 heavy (non-hydrogen) atoms. The van der Waals surface area contributed by atoms with E-state index in [1.54, 1.807) is 0 Å². The number of nitrogens with one attached hydrogen (secondary N) is 1. The second-order valence-electron chi connectivity index (χ2n) is 4.93. The minimum absolute atomic E-state index is 0.538. The van der Waals surface area contributed by atoms with Crippen LogP contribution in [-0.2, 0) is 4.74 Å². The number of nitrogens with zero attached hydrogens (tertiary/aromatic N) is 2. The van der Waals surface area contributed by atoms with Gasteiger partial charge in [0.15, 0.2) is 0 Å². The summed E-state index contributed by atoms with van der Waals surface area (Å²) in [5.74, 6) is 1.23. The molecule has 1 aromatic heterocycles. The van der Waals surface area contributed by atoms with Crippen LogP contribution in [0.5, 0.6) is 0 Å². The Balaban J connectivity index is 0.000000123. The van der Waals surface area contributed by atoms with Crippen LogP contribution in [0.15, 0.2) is 42.2 Å². The molecule has 2 aliphatic heterocycles. The van der Waals surface area contributed by atoms with Crippen molar-refractivity contribution in [1.82, 2.24) is 15.3 Å². The van der Waals surface area contributed by atoms with Gasteiger partial charge in [-0.2, -0.15) is 0 Å². The predicted octanol–water partition coefficient (Wildman–Crippen LogP) is 1.37. The average molecular weight is 270 g/mol. The minimum Gasteiger partial charge on any atom is -0.383 e. The van der Waals surface area contributed by atoms with Gasteiger partial charge < -0.3 is 15.8 Å². The third-order valence-electron chi connectivity index (χ3n) is 3.59. The number of fused-ring (bicyclic) bond motifs is 2. The summed E-state index contributed by atoms with van der Waals surface area (Å²) in [6.07, 6.45) is 3.72. The largest absolute Gasteiger partial charge is 0.383 e. The highest BCUT2D eigenvalue weighted by atomic mass is 16.5. The smallest absolute Gasteiger partial charge is 0.134 e. The Morgan fingerprint density at radius 2 is 2.15 bits per heavy atom. The lowest BCUT2D eigenvalue weighted by molar-refractivity contribution is 0.188. The highest BCUT2D eigenvalue weighted by Crippen LogP contribution is 2.20. The summed E-state index contributed by atoms with van der Waals surface area (Å²) in [7, 11) is 0. The van der Waals surface area contributed by atoms with Gasteiger partial charge in [0.05, 0.1) is 18.7 Å². The summed E-state index contributed by atoms with van der Waals surface area (Å²) >= 11 is 0. The fraction of sp³-hybridized carbons (Fsp3) is 0.333. The molecule has 5 heteroatoms. The van der Waals surface area contributed by atoms with Crippen molar-refractivity contribution in [2.24, 2.45) is 5.92 Å². The molecule has 1 saturated heterocycles. The van der Waals surface area contributed by atoms with Crippen molar-refractivity contribution in [3.63, 3.8) is 0 Å². The van der Waals surface area contributed by atoms with Gasteiger partial charge in [0.2, 0.25) is 0 Å². The van der Waals surface area contributed by atoms with E-state index < -0.39 is 0 Å². The third-order valence-corrected chi connectivity index (χ3v) is 3.59. The Kier molecular flexibility index (Phi) is 3.90. The fourth-order valence-electron chi connectivity index (χ4n) is 2.45. The second-order valence-corrected chi connectivity index (χ2v) is 4.93. The van der Waals surface area contributed by atoms with Gasteiger partial charge in [0.1, 0.15) is 12.1 Å². The molecule has 0 spiro atoms. The van der Waals surface area contributed by atoms with Crippen LogP contribution in [0.25, 0.3) is 10.9 Å². The van der Waals surface area contributed by atoms with Gasteiger partial charge >= 0.3 is 0 Å². The lowest BCUT2D eigenvalue weighted by Gasteiger charge is -2.15. The molecular formula is C15H18N4O. The maximum absolute atomic E-state index is 5.61. The van der Waals surface area contributed by atoms with E-state index in [0.717, 1.165) is 37.2 Å². The van der Waals surface area contributed by atoms with Crippen LogP contribution >= 0.6 is 0 Å². The van der Waals surface area contributed by atoms with Crippen molar-refractivity contribution in [3.8, 4) is 0 Å². The number of hydrogen-bond donors (Lipinski definition) is 2. The van der Waals surface area contributed by atoms with Gasteiger partial charge in [0, 0.05) is 24.4 Å². The summed E-state index contributed by atoms with van der Waals surface area (Å²) in [5.41, 5.74) is 8.00. The number of anilines is 1. The molecule has 1 fully saturated rings. The van der Waals surface area contributed by atoms with E-state index in [2.05, 4.69) is 21.4 Å². The third kappa shape index (κ3) is 2.79. The Morgan fingerprint density at radius 1 is 1.25 bits per heavy atom. The van der Waals surface area contributed by atoms with Crippen molar-refractivity contribution >= 4 is 16.7 Å². The summed E-state index contributed by atoms with van der Waals surface area (Å²) in [5, 5.41) is 4.21. The lowest BCUT2D eigenvalue weighted by atomic mass is 10.0. The van der Waals surface area contributed by atoms with Crippen molar-refractivity contribution in [2.45, 2.75) is 0 Å². The Hall–Kier alpha value is -1.98. The minimum atomic E-state index is 0.538. The summed E-state index contributed by atoms with van der Waals surface area (Å²) in [6, 6.07) is 7.66. The number of aromatic nitrogens is 2. The molecule has 5 nitrogen and oxygen atoms in total. The molecule has 0 aliphatic carbocycles. The van der Waals surface area contributed by atoms with Crippen molar-refractivity contribution in [1.29, 1.82) is 0 Å². The van der Waals surface area contributed by atoms with Crippen LogP contribution < -0.4 is 11.1 Å². The number of nitrogens with two attached hydrogens (primary N) is 1. The average Bonchev–Trinajstić information content (AvgIpc) is 2.97. The molecule has 3 heterocycles. The topological polar surface area (TPSA) is 73.1 Å². The molecule has 0 bridgehead atoms. The van der Waals surface area contributed by atoms with Gasteiger partial charge in [-0.3, -0.25) is 0 Å². The molecule has 1 unspecified atom stereocenters. The molecule has 2 aromatic rings. The molecule has 0 radical (unpaired) electrons. The molecule has 0 saturated carbocycles. The van der Waals surface area contributed by atoms with Gasteiger partial charge in [-0.15, -0.1) is 0 Å². The van der Waals surface area contributed by atoms with Crippen LogP contribution in [0, 0.1) is 5.92 Å².